The third-order valence-corrected chi connectivity index (χ3v) is 5.70. The number of hydrogen-bond acceptors (Lipinski definition) is 4. The van der Waals surface area contributed by atoms with Crippen molar-refractivity contribution in [3.05, 3.63) is 47.7 Å². The van der Waals surface area contributed by atoms with Gasteiger partial charge in [-0.2, -0.15) is 26.3 Å². The Morgan fingerprint density at radius 1 is 0.900 bits per heavy atom. The highest BCUT2D eigenvalue weighted by molar-refractivity contribution is 5.44. The number of phenolic OH excluding ortho intramolecular Hbond substituents is 1. The van der Waals surface area contributed by atoms with Gasteiger partial charge < -0.3 is 14.7 Å². The molecular weight excluding hydrogens is 414 g/mol. The van der Waals surface area contributed by atoms with Crippen LogP contribution in [0.25, 0.3) is 0 Å². The molecular formula is C20H18F6N2O2. The quantitative estimate of drug-likeness (QED) is 0.684. The minimum atomic E-state index is -4.56. The van der Waals surface area contributed by atoms with Crippen molar-refractivity contribution >= 4 is 5.82 Å². The van der Waals surface area contributed by atoms with Gasteiger partial charge in [0, 0.05) is 31.1 Å². The zero-order chi connectivity index (χ0) is 21.7. The van der Waals surface area contributed by atoms with Gasteiger partial charge in [0.25, 0.3) is 0 Å². The summed E-state index contributed by atoms with van der Waals surface area (Å²) in [5.74, 6) is -0.0955. The van der Waals surface area contributed by atoms with Crippen LogP contribution >= 0.6 is 0 Å². The van der Waals surface area contributed by atoms with Crippen LogP contribution in [0.2, 0.25) is 0 Å². The minimum Gasteiger partial charge on any atom is -0.504 e. The van der Waals surface area contributed by atoms with Crippen LogP contribution in [0, 0.1) is 11.8 Å². The van der Waals surface area contributed by atoms with E-state index in [-0.39, 0.29) is 23.7 Å². The van der Waals surface area contributed by atoms with Crippen LogP contribution in [0.5, 0.6) is 11.5 Å². The van der Waals surface area contributed by atoms with Crippen molar-refractivity contribution in [3.63, 3.8) is 0 Å². The van der Waals surface area contributed by atoms with Crippen LogP contribution in [0.15, 0.2) is 36.5 Å². The van der Waals surface area contributed by atoms with E-state index in [9.17, 15) is 31.4 Å². The normalized spacial score (nSPS) is 24.2. The van der Waals surface area contributed by atoms with Crippen molar-refractivity contribution in [2.24, 2.45) is 11.8 Å². The zero-order valence-electron chi connectivity index (χ0n) is 15.5. The Morgan fingerprint density at radius 3 is 2.00 bits per heavy atom. The van der Waals surface area contributed by atoms with E-state index < -0.39 is 29.2 Å². The minimum absolute atomic E-state index is 0.00833. The number of nitrogens with zero attached hydrogens (tertiary/aromatic N) is 2. The zero-order valence-corrected chi connectivity index (χ0v) is 15.5. The number of pyridine rings is 1. The van der Waals surface area contributed by atoms with E-state index in [1.54, 1.807) is 0 Å². The van der Waals surface area contributed by atoms with Crippen molar-refractivity contribution in [2.45, 2.75) is 31.3 Å². The molecule has 2 heterocycles. The number of alkyl halides is 6. The number of halogens is 6. The number of piperidine rings is 1. The SMILES string of the molecule is Oc1cc(C(F)(F)F)ccc1OC1C2CC[C@@H]1CN(c1ccc(C(F)(F)F)cn1)C2. The molecule has 4 nitrogen and oxygen atoms in total. The van der Waals surface area contributed by atoms with Gasteiger partial charge in [0.05, 0.1) is 11.1 Å². The number of anilines is 1. The summed E-state index contributed by atoms with van der Waals surface area (Å²) in [5, 5.41) is 9.96. The second kappa shape index (κ2) is 7.24. The van der Waals surface area contributed by atoms with Gasteiger partial charge in [0.2, 0.25) is 0 Å². The van der Waals surface area contributed by atoms with Gasteiger partial charge in [0.15, 0.2) is 11.5 Å². The fourth-order valence-corrected chi connectivity index (χ4v) is 4.23. The third-order valence-electron chi connectivity index (χ3n) is 5.70. The highest BCUT2D eigenvalue weighted by atomic mass is 19.4. The topological polar surface area (TPSA) is 45.6 Å². The fourth-order valence-electron chi connectivity index (χ4n) is 4.23. The highest BCUT2D eigenvalue weighted by Gasteiger charge is 2.44. The van der Waals surface area contributed by atoms with E-state index in [0.29, 0.717) is 25.0 Å². The van der Waals surface area contributed by atoms with Gasteiger partial charge >= 0.3 is 12.4 Å². The molecule has 1 aliphatic heterocycles. The van der Waals surface area contributed by atoms with Crippen LogP contribution in [0.3, 0.4) is 0 Å². The Morgan fingerprint density at radius 2 is 1.50 bits per heavy atom. The molecule has 3 atom stereocenters. The summed E-state index contributed by atoms with van der Waals surface area (Å²) in [6.07, 6.45) is -6.87. The molecule has 162 valence electrons. The molecule has 2 fully saturated rings. The maximum absolute atomic E-state index is 12.8. The Hall–Kier alpha value is -2.65. The Balaban J connectivity index is 1.46. The van der Waals surface area contributed by atoms with Crippen LogP contribution in [0.4, 0.5) is 32.2 Å². The lowest BCUT2D eigenvalue weighted by Crippen LogP contribution is -2.47. The first-order valence-corrected chi connectivity index (χ1v) is 9.37. The number of aromatic nitrogens is 1. The Bertz CT molecular complexity index is 899. The Kier molecular flexibility index (Phi) is 4.98. The van der Waals surface area contributed by atoms with Gasteiger partial charge in [0.1, 0.15) is 11.9 Å². The van der Waals surface area contributed by atoms with Crippen molar-refractivity contribution in [1.29, 1.82) is 0 Å². The first-order chi connectivity index (χ1) is 14.0. The molecule has 0 spiro atoms. The molecule has 1 saturated heterocycles. The van der Waals surface area contributed by atoms with Crippen LogP contribution < -0.4 is 9.64 Å². The van der Waals surface area contributed by atoms with Gasteiger partial charge in [-0.25, -0.2) is 4.98 Å². The summed E-state index contributed by atoms with van der Waals surface area (Å²) in [6, 6.07) is 4.94. The first-order valence-electron chi connectivity index (χ1n) is 9.37. The van der Waals surface area contributed by atoms with Crippen molar-refractivity contribution in [2.75, 3.05) is 18.0 Å². The molecule has 30 heavy (non-hydrogen) atoms. The van der Waals surface area contributed by atoms with Crippen LogP contribution in [0.1, 0.15) is 24.0 Å². The van der Waals surface area contributed by atoms with Crippen LogP contribution in [-0.4, -0.2) is 29.3 Å². The molecule has 2 aromatic rings. The second-order valence-electron chi connectivity index (χ2n) is 7.67. The number of hydrogen-bond donors (Lipinski definition) is 1. The summed E-state index contributed by atoms with van der Waals surface area (Å²) in [6.45, 7) is 1.00. The molecule has 1 saturated carbocycles. The number of benzene rings is 1. The average Bonchev–Trinajstić information content (AvgIpc) is 2.89. The predicted molar refractivity (Wildman–Crippen MR) is 95.2 cm³/mol. The van der Waals surface area contributed by atoms with Crippen molar-refractivity contribution in [3.8, 4) is 11.5 Å². The maximum Gasteiger partial charge on any atom is 0.417 e. The smallest absolute Gasteiger partial charge is 0.417 e. The molecule has 2 aliphatic rings. The molecule has 1 aromatic carbocycles. The molecule has 2 unspecified atom stereocenters. The van der Waals surface area contributed by atoms with E-state index in [1.807, 2.05) is 4.90 Å². The maximum atomic E-state index is 12.8. The van der Waals surface area contributed by atoms with E-state index >= 15 is 0 Å². The highest BCUT2D eigenvalue weighted by Crippen LogP contribution is 2.43. The molecule has 2 bridgehead atoms. The number of aromatic hydroxyl groups is 1. The van der Waals surface area contributed by atoms with Crippen molar-refractivity contribution < 1.29 is 36.2 Å². The molecule has 4 rings (SSSR count). The van der Waals surface area contributed by atoms with Gasteiger partial charge in [-0.1, -0.05) is 0 Å². The molecule has 10 heteroatoms. The monoisotopic (exact) mass is 432 g/mol. The molecule has 1 aliphatic carbocycles. The number of rotatable bonds is 3. The van der Waals surface area contributed by atoms with Gasteiger partial charge in [-0.05, 0) is 43.2 Å². The second-order valence-corrected chi connectivity index (χ2v) is 7.67. The average molecular weight is 432 g/mol. The predicted octanol–water partition coefficient (Wildman–Crippen LogP) is 5.12. The summed E-state index contributed by atoms with van der Waals surface area (Å²) in [5.41, 5.74) is -1.77. The summed E-state index contributed by atoms with van der Waals surface area (Å²) < 4.78 is 82.3. The molecule has 0 amide bonds. The number of fused-ring (bicyclic) bond motifs is 2. The van der Waals surface area contributed by atoms with E-state index in [2.05, 4.69) is 4.98 Å². The third kappa shape index (κ3) is 3.99. The van der Waals surface area contributed by atoms with Gasteiger partial charge in [-0.3, -0.25) is 0 Å². The van der Waals surface area contributed by atoms with Gasteiger partial charge in [-0.15, -0.1) is 0 Å². The number of ether oxygens (including phenoxy) is 1. The first kappa shape index (κ1) is 20.6. The number of phenols is 1. The Labute approximate surface area is 168 Å². The molecule has 0 radical (unpaired) electrons. The van der Waals surface area contributed by atoms with Crippen LogP contribution in [-0.2, 0) is 12.4 Å². The van der Waals surface area contributed by atoms with Crippen molar-refractivity contribution in [1.82, 2.24) is 4.98 Å². The summed E-state index contributed by atoms with van der Waals surface area (Å²) in [7, 11) is 0. The van der Waals surface area contributed by atoms with E-state index in [1.165, 1.54) is 6.07 Å². The summed E-state index contributed by atoms with van der Waals surface area (Å²) in [4.78, 5) is 5.84. The fraction of sp³-hybridized carbons (Fsp3) is 0.450. The lowest BCUT2D eigenvalue weighted by atomic mass is 9.94. The lowest BCUT2D eigenvalue weighted by molar-refractivity contribution is -0.138. The van der Waals surface area contributed by atoms with E-state index in [4.69, 9.17) is 4.74 Å². The molecule has 1 aromatic heterocycles. The van der Waals surface area contributed by atoms with E-state index in [0.717, 1.165) is 37.2 Å². The lowest BCUT2D eigenvalue weighted by Gasteiger charge is -2.38. The standard InChI is InChI=1S/C20H18F6N2O2/c21-19(22,23)13-3-5-16(15(29)7-13)30-18-11-1-2-12(18)10-28(9-11)17-6-4-14(8-27-17)20(24,25)26/h3-8,11-12,18,29H,1-2,9-10H2/t11-,12?,18?/m1/s1. The summed E-state index contributed by atoms with van der Waals surface area (Å²) >= 11 is 0. The largest absolute Gasteiger partial charge is 0.504 e. The molecule has 1 N–H and O–H groups in total.